The van der Waals surface area contributed by atoms with Crippen LogP contribution in [0.3, 0.4) is 0 Å². The molecular formula is C21H15F5O4S. The van der Waals surface area contributed by atoms with Gasteiger partial charge in [-0.1, -0.05) is 36.4 Å². The minimum Gasteiger partial charge on any atom is -0.494 e. The molecule has 3 rings (SSSR count). The first-order chi connectivity index (χ1) is 14.7. The lowest BCUT2D eigenvalue weighted by atomic mass is 10.2. The molecule has 0 aliphatic carbocycles. The van der Waals surface area contributed by atoms with E-state index in [0.29, 0.717) is 5.56 Å². The first-order valence-corrected chi connectivity index (χ1v) is 10.4. The van der Waals surface area contributed by atoms with E-state index >= 15 is 0 Å². The second-order valence-electron chi connectivity index (χ2n) is 6.42. The van der Waals surface area contributed by atoms with E-state index in [1.807, 2.05) is 0 Å². The number of benzene rings is 3. The number of rotatable bonds is 7. The number of hydrogen-bond acceptors (Lipinski definition) is 4. The van der Waals surface area contributed by atoms with Gasteiger partial charge in [0, 0.05) is 0 Å². The zero-order valence-corrected chi connectivity index (χ0v) is 16.8. The highest BCUT2D eigenvalue weighted by Crippen LogP contribution is 2.36. The van der Waals surface area contributed by atoms with Crippen molar-refractivity contribution >= 4 is 9.84 Å². The Bertz CT molecular complexity index is 1210. The second-order valence-corrected chi connectivity index (χ2v) is 8.34. The molecule has 0 aromatic heterocycles. The van der Waals surface area contributed by atoms with Gasteiger partial charge in [-0.25, -0.2) is 26.0 Å². The molecule has 0 saturated carbocycles. The van der Waals surface area contributed by atoms with E-state index in [2.05, 4.69) is 0 Å². The quantitative estimate of drug-likeness (QED) is 0.218. The molecule has 10 heteroatoms. The van der Waals surface area contributed by atoms with Crippen LogP contribution >= 0.6 is 0 Å². The molecule has 0 unspecified atom stereocenters. The van der Waals surface area contributed by atoms with Crippen LogP contribution in [0.25, 0.3) is 0 Å². The van der Waals surface area contributed by atoms with Gasteiger partial charge in [0.2, 0.25) is 11.6 Å². The average molecular weight is 458 g/mol. The van der Waals surface area contributed by atoms with Gasteiger partial charge in [0.25, 0.3) is 0 Å². The Morgan fingerprint density at radius 1 is 0.806 bits per heavy atom. The fourth-order valence-electron chi connectivity index (χ4n) is 2.82. The lowest BCUT2D eigenvalue weighted by Crippen LogP contribution is -2.15. The maximum Gasteiger partial charge on any atom is 0.205 e. The summed E-state index contributed by atoms with van der Waals surface area (Å²) >= 11 is 0. The van der Waals surface area contributed by atoms with Gasteiger partial charge < -0.3 is 9.47 Å². The molecule has 0 bridgehead atoms. The van der Waals surface area contributed by atoms with Crippen LogP contribution in [-0.4, -0.2) is 15.5 Å². The van der Waals surface area contributed by atoms with E-state index < -0.39 is 61.9 Å². The molecule has 0 heterocycles. The third-order valence-electron chi connectivity index (χ3n) is 4.29. The Morgan fingerprint density at radius 3 is 2.06 bits per heavy atom. The van der Waals surface area contributed by atoms with E-state index in [0.717, 1.165) is 12.1 Å². The van der Waals surface area contributed by atoms with Crippen LogP contribution in [0.4, 0.5) is 22.0 Å². The summed E-state index contributed by atoms with van der Waals surface area (Å²) < 4.78 is 106. The molecule has 0 aliphatic rings. The second kappa shape index (κ2) is 8.93. The van der Waals surface area contributed by atoms with E-state index in [1.54, 1.807) is 30.3 Å². The molecule has 0 amide bonds. The minimum absolute atomic E-state index is 0.156. The smallest absolute Gasteiger partial charge is 0.205 e. The summed E-state index contributed by atoms with van der Waals surface area (Å²) in [6.07, 6.45) is 0. The van der Waals surface area contributed by atoms with Gasteiger partial charge in [-0.15, -0.1) is 0 Å². The Hall–Kier alpha value is -3.14. The van der Waals surface area contributed by atoms with Gasteiger partial charge in [0.15, 0.2) is 43.7 Å². The first kappa shape index (κ1) is 22.5. The van der Waals surface area contributed by atoms with Crippen LogP contribution in [0.5, 0.6) is 11.5 Å². The van der Waals surface area contributed by atoms with Crippen LogP contribution in [-0.2, 0) is 22.2 Å². The average Bonchev–Trinajstić information content (AvgIpc) is 2.74. The molecule has 0 N–H and O–H groups in total. The molecule has 31 heavy (non-hydrogen) atoms. The molecule has 3 aromatic rings. The Labute approximate surface area is 174 Å². The zero-order chi connectivity index (χ0) is 22.8. The van der Waals surface area contributed by atoms with Crippen LogP contribution in [0.2, 0.25) is 0 Å². The fourth-order valence-corrected chi connectivity index (χ4v) is 4.38. The molecule has 0 saturated heterocycles. The highest BCUT2D eigenvalue weighted by molar-refractivity contribution is 7.90. The minimum atomic E-state index is -4.83. The zero-order valence-electron chi connectivity index (χ0n) is 16.0. The van der Waals surface area contributed by atoms with Gasteiger partial charge >= 0.3 is 0 Å². The summed E-state index contributed by atoms with van der Waals surface area (Å²) in [6, 6.07) is 11.1. The van der Waals surface area contributed by atoms with Crippen LogP contribution in [0.15, 0.2) is 53.4 Å². The first-order valence-electron chi connectivity index (χ1n) is 8.73. The van der Waals surface area contributed by atoms with Crippen molar-refractivity contribution in [2.75, 3.05) is 7.11 Å². The lowest BCUT2D eigenvalue weighted by molar-refractivity contribution is 0.263. The van der Waals surface area contributed by atoms with Crippen LogP contribution in [0, 0.1) is 29.1 Å². The maximum atomic E-state index is 14.5. The van der Waals surface area contributed by atoms with E-state index in [9.17, 15) is 30.4 Å². The summed E-state index contributed by atoms with van der Waals surface area (Å²) in [5, 5.41) is 0. The number of halogens is 5. The molecule has 164 valence electrons. The fraction of sp³-hybridized carbons (Fsp3) is 0.143. The number of hydrogen-bond donors (Lipinski definition) is 0. The van der Waals surface area contributed by atoms with Crippen molar-refractivity contribution in [3.05, 3.63) is 88.7 Å². The third kappa shape index (κ3) is 4.63. The summed E-state index contributed by atoms with van der Waals surface area (Å²) in [6.45, 7) is -0.443. The normalized spacial score (nSPS) is 11.4. The number of methoxy groups -OCH3 is 1. The van der Waals surface area contributed by atoms with Gasteiger partial charge in [-0.3, -0.25) is 0 Å². The van der Waals surface area contributed by atoms with Crippen molar-refractivity contribution in [1.82, 2.24) is 0 Å². The van der Waals surface area contributed by atoms with Gasteiger partial charge in [-0.05, 0) is 23.3 Å². The Morgan fingerprint density at radius 2 is 1.45 bits per heavy atom. The standard InChI is InChI=1S/C21H15F5O4S/c1-29-15-8-7-13(9-14(15)22)11-31(27,28)21-19(26)17(24)16(23)18(25)20(21)30-10-12-5-3-2-4-6-12/h2-9H,10-11H2,1H3. The van der Waals surface area contributed by atoms with Gasteiger partial charge in [0.05, 0.1) is 12.9 Å². The van der Waals surface area contributed by atoms with E-state index in [-0.39, 0.29) is 11.3 Å². The Kier molecular flexibility index (Phi) is 6.49. The summed E-state index contributed by atoms with van der Waals surface area (Å²) in [4.78, 5) is -1.49. The van der Waals surface area contributed by atoms with Crippen molar-refractivity contribution in [3.63, 3.8) is 0 Å². The van der Waals surface area contributed by atoms with Crippen molar-refractivity contribution in [2.45, 2.75) is 17.3 Å². The number of ether oxygens (including phenoxy) is 2. The van der Waals surface area contributed by atoms with Crippen molar-refractivity contribution in [3.8, 4) is 11.5 Å². The predicted molar refractivity (Wildman–Crippen MR) is 101 cm³/mol. The molecule has 3 aromatic carbocycles. The van der Waals surface area contributed by atoms with E-state index in [4.69, 9.17) is 9.47 Å². The molecule has 0 radical (unpaired) electrons. The van der Waals surface area contributed by atoms with E-state index in [1.165, 1.54) is 13.2 Å². The highest BCUT2D eigenvalue weighted by atomic mass is 32.2. The molecule has 4 nitrogen and oxygen atoms in total. The molecule has 0 aliphatic heterocycles. The largest absolute Gasteiger partial charge is 0.494 e. The van der Waals surface area contributed by atoms with Crippen molar-refractivity contribution < 1.29 is 39.8 Å². The number of sulfone groups is 1. The predicted octanol–water partition coefficient (Wildman–Crippen LogP) is 4.94. The maximum absolute atomic E-state index is 14.5. The lowest BCUT2D eigenvalue weighted by Gasteiger charge is -2.15. The monoisotopic (exact) mass is 458 g/mol. The van der Waals surface area contributed by atoms with Crippen LogP contribution in [0.1, 0.15) is 11.1 Å². The van der Waals surface area contributed by atoms with Crippen LogP contribution < -0.4 is 9.47 Å². The van der Waals surface area contributed by atoms with Crippen molar-refractivity contribution in [1.29, 1.82) is 0 Å². The summed E-state index contributed by atoms with van der Waals surface area (Å²) in [5.74, 6) is -12.0. The molecule has 0 atom stereocenters. The van der Waals surface area contributed by atoms with Gasteiger partial charge in [0.1, 0.15) is 6.61 Å². The summed E-state index contributed by atoms with van der Waals surface area (Å²) in [5.41, 5.74) is 0.282. The third-order valence-corrected chi connectivity index (χ3v) is 5.99. The molecule has 0 spiro atoms. The van der Waals surface area contributed by atoms with Gasteiger partial charge in [-0.2, -0.15) is 4.39 Å². The molecule has 0 fully saturated rings. The topological polar surface area (TPSA) is 52.6 Å². The van der Waals surface area contributed by atoms with Crippen molar-refractivity contribution in [2.24, 2.45) is 0 Å². The highest BCUT2D eigenvalue weighted by Gasteiger charge is 2.34. The SMILES string of the molecule is COc1ccc(CS(=O)(=O)c2c(F)c(F)c(F)c(F)c2OCc2ccccc2)cc1F. The Balaban J connectivity index is 2.06. The summed E-state index contributed by atoms with van der Waals surface area (Å²) in [7, 11) is -3.63. The molecular weight excluding hydrogens is 443 g/mol.